The molecule has 22 nitrogen and oxygen atoms in total. The first kappa shape index (κ1) is 75.8. The number of aliphatic imine (C=N–C) groups is 2. The van der Waals surface area contributed by atoms with Crippen LogP contribution in [-0.4, -0.2) is 84.5 Å². The first-order valence-corrected chi connectivity index (χ1v) is 33.3. The Morgan fingerprint density at radius 3 is 1.56 bits per heavy atom. The number of allylic oxidation sites excluding steroid dienone is 1. The summed E-state index contributed by atoms with van der Waals surface area (Å²) >= 11 is 17.7. The number of benzene rings is 4. The highest BCUT2D eigenvalue weighted by Crippen LogP contribution is 2.45. The maximum absolute atomic E-state index is 12.5. The van der Waals surface area contributed by atoms with Gasteiger partial charge >= 0.3 is 18.3 Å². The average molecular weight is 1410 g/mol. The number of aromatic nitrogens is 4. The Labute approximate surface area is 596 Å². The van der Waals surface area contributed by atoms with Gasteiger partial charge in [-0.1, -0.05) is 150 Å². The third-order valence-corrected chi connectivity index (χ3v) is 17.1. The lowest BCUT2D eigenvalue weighted by molar-refractivity contribution is 0.0365. The molecular weight excluding hydrogens is 1330 g/mol. The van der Waals surface area contributed by atoms with Crippen LogP contribution in [0.2, 0.25) is 10.3 Å². The number of nitrogens with zero attached hydrogens (tertiary/aromatic N) is 6. The van der Waals surface area contributed by atoms with Gasteiger partial charge < -0.3 is 36.0 Å². The smallest absolute Gasteiger partial charge is 0.412 e. The molecule has 6 heterocycles. The highest BCUT2D eigenvalue weighted by molar-refractivity contribution is 6.66. The minimum Gasteiger partial charge on any atom is -0.444 e. The molecule has 2 saturated carbocycles. The molecule has 2 aliphatic heterocycles. The maximum Gasteiger partial charge on any atom is 0.412 e. The molecule has 4 aromatic heterocycles. The molecular formula is C75H83Cl3N14O8. The number of carbonyl (C=O) groups is 5. The zero-order valence-electron chi connectivity index (χ0n) is 57.1. The molecule has 2 unspecified atom stereocenters. The molecule has 25 heteroatoms. The van der Waals surface area contributed by atoms with Crippen LogP contribution < -0.4 is 44.6 Å². The van der Waals surface area contributed by atoms with Gasteiger partial charge in [-0.3, -0.25) is 31.6 Å². The van der Waals surface area contributed by atoms with Crippen LogP contribution in [0.1, 0.15) is 144 Å². The molecule has 3 amide bonds. The number of nitrogens with two attached hydrogens (primary N) is 4. The summed E-state index contributed by atoms with van der Waals surface area (Å²) in [7, 11) is 0. The van der Waals surface area contributed by atoms with Crippen molar-refractivity contribution in [3.8, 4) is 22.4 Å². The summed E-state index contributed by atoms with van der Waals surface area (Å²) in [5.74, 6) is 14.2. The quantitative estimate of drug-likeness (QED) is 0.0185. The van der Waals surface area contributed by atoms with E-state index in [0.29, 0.717) is 29.2 Å². The highest BCUT2D eigenvalue weighted by atomic mass is 35.5. The van der Waals surface area contributed by atoms with E-state index in [1.807, 2.05) is 90.1 Å². The minimum absolute atomic E-state index is 0.0357. The third kappa shape index (κ3) is 19.5. The van der Waals surface area contributed by atoms with E-state index in [1.165, 1.54) is 24.5 Å². The van der Waals surface area contributed by atoms with Crippen molar-refractivity contribution in [2.24, 2.45) is 33.4 Å². The molecule has 12 N–H and O–H groups in total. The van der Waals surface area contributed by atoms with E-state index in [2.05, 4.69) is 138 Å². The number of hydrogen-bond donors (Lipinski definition) is 8. The number of hydrogen-bond acceptors (Lipinski definition) is 19. The monoisotopic (exact) mass is 1410 g/mol. The van der Waals surface area contributed by atoms with Crippen LogP contribution in [0.3, 0.4) is 0 Å². The number of pyridine rings is 4. The van der Waals surface area contributed by atoms with Crippen LogP contribution in [0.5, 0.6) is 0 Å². The average Bonchev–Trinajstić information content (AvgIpc) is 0.757. The van der Waals surface area contributed by atoms with Gasteiger partial charge in [0.25, 0.3) is 0 Å². The molecule has 4 aliphatic rings. The summed E-state index contributed by atoms with van der Waals surface area (Å²) in [6, 6.07) is 44.1. The fourth-order valence-corrected chi connectivity index (χ4v) is 11.9. The van der Waals surface area contributed by atoms with E-state index in [9.17, 15) is 24.0 Å². The number of amides is 3. The number of aldehydes is 2. The number of anilines is 3. The van der Waals surface area contributed by atoms with E-state index in [4.69, 9.17) is 70.6 Å². The number of ether oxygens (including phenoxy) is 3. The molecule has 522 valence electrons. The first-order chi connectivity index (χ1) is 47.6. The van der Waals surface area contributed by atoms with Gasteiger partial charge in [-0.05, 0) is 153 Å². The lowest BCUT2D eigenvalue weighted by Crippen LogP contribution is -2.52. The van der Waals surface area contributed by atoms with E-state index < -0.39 is 28.4 Å². The summed E-state index contributed by atoms with van der Waals surface area (Å²) in [5, 5.41) is 10.3. The predicted molar refractivity (Wildman–Crippen MR) is 397 cm³/mol. The summed E-state index contributed by atoms with van der Waals surface area (Å²) in [5.41, 5.74) is 17.6. The zero-order chi connectivity index (χ0) is 72.6. The minimum atomic E-state index is -0.650. The van der Waals surface area contributed by atoms with Gasteiger partial charge in [0.2, 0.25) is 0 Å². The van der Waals surface area contributed by atoms with Crippen LogP contribution in [-0.2, 0) is 25.3 Å². The van der Waals surface area contributed by atoms with Gasteiger partial charge in [-0.2, -0.15) is 0 Å². The number of halogens is 3. The lowest BCUT2D eigenvalue weighted by atomic mass is 9.71. The van der Waals surface area contributed by atoms with Crippen molar-refractivity contribution in [1.82, 2.24) is 30.6 Å². The Hall–Kier alpha value is -9.94. The molecule has 8 aromatic rings. The molecule has 100 heavy (non-hydrogen) atoms. The second-order valence-corrected chi connectivity index (χ2v) is 27.8. The molecule has 0 radical (unpaired) electrons. The number of alkyl carbamates (subject to hydrolysis) is 2. The Balaban J connectivity index is 0.000000184. The number of nitrogen functional groups attached to an aromatic ring is 2. The van der Waals surface area contributed by atoms with Crippen molar-refractivity contribution in [1.29, 1.82) is 0 Å². The summed E-state index contributed by atoms with van der Waals surface area (Å²) in [6.07, 6.45) is 15.9. The van der Waals surface area contributed by atoms with Gasteiger partial charge in [-0.25, -0.2) is 45.2 Å². The molecule has 12 rings (SSSR count). The molecule has 2 atom stereocenters. The Kier molecular flexibility index (Phi) is 25.2. The zero-order valence-corrected chi connectivity index (χ0v) is 59.4. The summed E-state index contributed by atoms with van der Waals surface area (Å²) in [4.78, 5) is 83.8. The number of carbonyl (C=O) groups excluding carboxylic acids is 5. The van der Waals surface area contributed by atoms with Gasteiger partial charge in [-0.15, -0.1) is 0 Å². The second kappa shape index (κ2) is 33.3. The van der Waals surface area contributed by atoms with Crippen molar-refractivity contribution < 1.29 is 38.2 Å². The predicted octanol–water partition coefficient (Wildman–Crippen LogP) is 15.6. The van der Waals surface area contributed by atoms with Gasteiger partial charge in [0.1, 0.15) is 38.1 Å². The maximum atomic E-state index is 12.5. The summed E-state index contributed by atoms with van der Waals surface area (Å²) < 4.78 is 16.1. The molecule has 0 spiro atoms. The van der Waals surface area contributed by atoms with Crippen LogP contribution in [0.15, 0.2) is 180 Å². The molecule has 2 fully saturated rings. The Morgan fingerprint density at radius 1 is 0.590 bits per heavy atom. The molecule has 4 aromatic carbocycles. The SMILES string of the molecule is CC(C)(C)OC(=O)NC1(c2ccc(-c3nc4ccnc(NN)c4cc3-c3ccccc3)cc2)CCC1.CC(C)(C)OC(=O)NC1(c2ccc(C3=NC4C=CN=C(Cl)C4C=C3c3ccccc3)cc2)CCC1.CC(C)(C)OC(=O)Nc1ccnc(Cl)c1C=O.NN.Nc1ccnc(Cl)c1C=O. The van der Waals surface area contributed by atoms with Crippen molar-refractivity contribution >= 4 is 110 Å². The van der Waals surface area contributed by atoms with Gasteiger partial charge in [0.15, 0.2) is 12.6 Å². The van der Waals surface area contributed by atoms with Crippen LogP contribution in [0.4, 0.5) is 31.6 Å². The van der Waals surface area contributed by atoms with Crippen molar-refractivity contribution in [2.75, 3.05) is 16.5 Å². The van der Waals surface area contributed by atoms with Gasteiger partial charge in [0, 0.05) is 58.1 Å². The van der Waals surface area contributed by atoms with Crippen molar-refractivity contribution in [3.63, 3.8) is 0 Å². The highest BCUT2D eigenvalue weighted by Gasteiger charge is 2.43. The number of fused-ring (bicyclic) bond motifs is 2. The van der Waals surface area contributed by atoms with E-state index in [0.717, 1.165) is 105 Å². The molecule has 2 aliphatic carbocycles. The Morgan fingerprint density at radius 2 is 1.08 bits per heavy atom. The van der Waals surface area contributed by atoms with Crippen molar-refractivity contribution in [2.45, 2.75) is 135 Å². The number of rotatable bonds is 12. The van der Waals surface area contributed by atoms with E-state index in [-0.39, 0.29) is 56.8 Å². The molecule has 0 saturated heterocycles. The standard InChI is InChI=1S/C29H30ClN3O2.C29H31N5O2.C11H13ClN2O3.C6H5ClN2O.H4N2/c1-28(2,3)35-27(34)33-29(15-7-16-29)21-12-10-20(11-13-21)25-22(19-8-5-4-6-9-19)18-23-24(32-25)14-17-31-26(23)30;1-28(2,3)36-27(35)33-29(15-7-16-29)21-12-10-20(11-13-21)25-22(19-8-5-4-6-9-19)18-23-24(32-25)14-17-31-26(23)34-30;1-11(2,3)17-10(16)14-8-4-5-13-9(12)7(8)6-15;7-6-4(3-10)5(8)1-2-9-6;1-2/h4-6,8-14,17-18,23-24H,7,15-16H2,1-3H3,(H,33,34);4-6,8-14,17-18H,7,15-16,30H2,1-3H3,(H,31,34)(H,33,35);4-6H,1-3H3,(H,13,14,16);1-3H,(H2,8,9);1-2H2. The van der Waals surface area contributed by atoms with Crippen molar-refractivity contribution in [3.05, 3.63) is 214 Å². The summed E-state index contributed by atoms with van der Waals surface area (Å²) in [6.45, 7) is 16.5. The Bertz CT molecular complexity index is 4320. The second-order valence-electron chi connectivity index (χ2n) is 26.7. The van der Waals surface area contributed by atoms with Gasteiger partial charge in [0.05, 0.1) is 56.8 Å². The fraction of sp³-hybridized carbons (Fsp3) is 0.293. The number of nitrogens with one attached hydrogen (secondary N) is 4. The largest absolute Gasteiger partial charge is 0.444 e. The van der Waals surface area contributed by atoms with Crippen LogP contribution >= 0.6 is 34.8 Å². The normalized spacial score (nSPS) is 16.1. The fourth-order valence-electron chi connectivity index (χ4n) is 11.3. The topological polar surface area (TPSA) is 342 Å². The third-order valence-electron chi connectivity index (χ3n) is 16.2. The lowest BCUT2D eigenvalue weighted by Gasteiger charge is -2.43. The first-order valence-electron chi connectivity index (χ1n) is 32.2. The number of dihydropyridines is 1. The molecule has 0 bridgehead atoms. The van der Waals surface area contributed by atoms with E-state index in [1.54, 1.807) is 33.2 Å². The van der Waals surface area contributed by atoms with E-state index >= 15 is 0 Å². The van der Waals surface area contributed by atoms with Crippen LogP contribution in [0.25, 0.3) is 38.9 Å². The van der Waals surface area contributed by atoms with Crippen LogP contribution in [0, 0.1) is 5.92 Å². The number of hydrazine groups is 2.